The highest BCUT2D eigenvalue weighted by Crippen LogP contribution is 2.17. The summed E-state index contributed by atoms with van der Waals surface area (Å²) in [5, 5.41) is 8.46. The Labute approximate surface area is 107 Å². The summed E-state index contributed by atoms with van der Waals surface area (Å²) in [5.74, 6) is 0.921. The van der Waals surface area contributed by atoms with Gasteiger partial charge in [0.2, 0.25) is 0 Å². The van der Waals surface area contributed by atoms with Gasteiger partial charge in [-0.25, -0.2) is 4.79 Å². The molecule has 0 saturated carbocycles. The first-order chi connectivity index (χ1) is 8.58. The lowest BCUT2D eigenvalue weighted by atomic mass is 10.2. The average molecular weight is 250 g/mol. The van der Waals surface area contributed by atoms with Crippen LogP contribution in [0.25, 0.3) is 0 Å². The van der Waals surface area contributed by atoms with Crippen LogP contribution < -0.4 is 0 Å². The summed E-state index contributed by atoms with van der Waals surface area (Å²) in [5.41, 5.74) is 0.470. The number of nitrogens with zero attached hydrogens (tertiary/aromatic N) is 2. The molecule has 5 nitrogen and oxygen atoms in total. The molecule has 0 N–H and O–H groups in total. The van der Waals surface area contributed by atoms with Gasteiger partial charge < -0.3 is 9.15 Å². The summed E-state index contributed by atoms with van der Waals surface area (Å²) in [6.45, 7) is 3.18. The highest BCUT2D eigenvalue weighted by molar-refractivity contribution is 5.90. The Bertz CT molecular complexity index is 446. The number of esters is 1. The molecule has 0 aromatic carbocycles. The van der Waals surface area contributed by atoms with Crippen LogP contribution in [0.15, 0.2) is 10.5 Å². The number of aryl methyl sites for hydroxylation is 1. The molecular weight excluding hydrogens is 232 g/mol. The van der Waals surface area contributed by atoms with Crippen molar-refractivity contribution in [3.63, 3.8) is 0 Å². The second-order valence-corrected chi connectivity index (χ2v) is 4.17. The maximum Gasteiger partial charge on any atom is 0.341 e. The van der Waals surface area contributed by atoms with Gasteiger partial charge in [0.15, 0.2) is 0 Å². The van der Waals surface area contributed by atoms with E-state index in [1.165, 1.54) is 7.11 Å². The molecule has 98 valence electrons. The molecular formula is C13H18N2O3. The van der Waals surface area contributed by atoms with Gasteiger partial charge in [-0.2, -0.15) is 5.26 Å². The van der Waals surface area contributed by atoms with Gasteiger partial charge >= 0.3 is 5.97 Å². The lowest BCUT2D eigenvalue weighted by molar-refractivity contribution is 0.0599. The number of unbranched alkanes of at least 4 members (excludes halogenated alkanes) is 1. The number of carbonyl (C=O) groups excluding carboxylic acids is 1. The molecule has 0 atom stereocenters. The summed E-state index contributed by atoms with van der Waals surface area (Å²) in [7, 11) is 3.30. The molecule has 0 amide bonds. The maximum absolute atomic E-state index is 11.4. The predicted molar refractivity (Wildman–Crippen MR) is 66.0 cm³/mol. The molecule has 0 unspecified atom stereocenters. The first-order valence-corrected chi connectivity index (χ1v) is 5.81. The summed E-state index contributed by atoms with van der Waals surface area (Å²) in [6, 6.07) is 3.82. The second kappa shape index (κ2) is 6.82. The van der Waals surface area contributed by atoms with Gasteiger partial charge in [-0.15, -0.1) is 0 Å². The van der Waals surface area contributed by atoms with Crippen LogP contribution >= 0.6 is 0 Å². The summed E-state index contributed by atoms with van der Waals surface area (Å²) in [4.78, 5) is 13.5. The molecule has 0 fully saturated rings. The number of furan rings is 1. The Kier molecular flexibility index (Phi) is 5.40. The largest absolute Gasteiger partial charge is 0.465 e. The summed E-state index contributed by atoms with van der Waals surface area (Å²) in [6.07, 6.45) is 1.38. The van der Waals surface area contributed by atoms with Crippen molar-refractivity contribution < 1.29 is 13.9 Å². The van der Waals surface area contributed by atoms with Gasteiger partial charge in [-0.1, -0.05) is 0 Å². The van der Waals surface area contributed by atoms with Crippen molar-refractivity contribution in [2.45, 2.75) is 26.3 Å². The predicted octanol–water partition coefficient (Wildman–Crippen LogP) is 2.11. The van der Waals surface area contributed by atoms with E-state index >= 15 is 0 Å². The molecule has 1 heterocycles. The van der Waals surface area contributed by atoms with E-state index in [0.717, 1.165) is 18.7 Å². The number of methoxy groups -OCH3 is 1. The topological polar surface area (TPSA) is 66.5 Å². The van der Waals surface area contributed by atoms with Gasteiger partial charge in [0.1, 0.15) is 17.1 Å². The van der Waals surface area contributed by atoms with Crippen molar-refractivity contribution in [1.29, 1.82) is 5.26 Å². The van der Waals surface area contributed by atoms with Crippen molar-refractivity contribution in [3.8, 4) is 6.07 Å². The van der Waals surface area contributed by atoms with E-state index in [0.29, 0.717) is 24.3 Å². The lowest BCUT2D eigenvalue weighted by Gasteiger charge is -2.13. The van der Waals surface area contributed by atoms with Crippen LogP contribution in [-0.2, 0) is 11.3 Å². The summed E-state index contributed by atoms with van der Waals surface area (Å²) < 4.78 is 10.2. The van der Waals surface area contributed by atoms with E-state index in [1.807, 2.05) is 7.05 Å². The van der Waals surface area contributed by atoms with Crippen LogP contribution in [0.2, 0.25) is 0 Å². The van der Waals surface area contributed by atoms with Gasteiger partial charge in [0.05, 0.1) is 19.7 Å². The molecule has 0 aliphatic carbocycles. The fourth-order valence-electron chi connectivity index (χ4n) is 1.71. The van der Waals surface area contributed by atoms with Crippen LogP contribution in [0.3, 0.4) is 0 Å². The van der Waals surface area contributed by atoms with Crippen molar-refractivity contribution in [2.24, 2.45) is 0 Å². The van der Waals surface area contributed by atoms with Crippen molar-refractivity contribution in [1.82, 2.24) is 4.90 Å². The number of hydrogen-bond donors (Lipinski definition) is 0. The fourth-order valence-corrected chi connectivity index (χ4v) is 1.71. The normalized spacial score (nSPS) is 10.4. The zero-order chi connectivity index (χ0) is 13.5. The second-order valence-electron chi connectivity index (χ2n) is 4.17. The lowest BCUT2D eigenvalue weighted by Crippen LogP contribution is -2.18. The van der Waals surface area contributed by atoms with Crippen LogP contribution in [0.1, 0.15) is 34.7 Å². The molecule has 0 spiro atoms. The fraction of sp³-hybridized carbons (Fsp3) is 0.538. The zero-order valence-electron chi connectivity index (χ0n) is 11.0. The molecule has 0 saturated heterocycles. The van der Waals surface area contributed by atoms with Gasteiger partial charge in [-0.05, 0) is 33.0 Å². The first kappa shape index (κ1) is 14.3. The number of hydrogen-bond acceptors (Lipinski definition) is 5. The standard InChI is InChI=1S/C13H18N2O3/c1-10-12(13(16)17-3)8-11(18-10)9-15(2)7-5-4-6-14/h8H,4-5,7,9H2,1-3H3. The van der Waals surface area contributed by atoms with E-state index in [2.05, 4.69) is 15.7 Å². The highest BCUT2D eigenvalue weighted by Gasteiger charge is 2.15. The molecule has 0 bridgehead atoms. The highest BCUT2D eigenvalue weighted by atomic mass is 16.5. The Morgan fingerprint density at radius 3 is 2.94 bits per heavy atom. The first-order valence-electron chi connectivity index (χ1n) is 5.81. The molecule has 0 aliphatic heterocycles. The quantitative estimate of drug-likeness (QED) is 0.571. The third-order valence-corrected chi connectivity index (χ3v) is 2.63. The van der Waals surface area contributed by atoms with Gasteiger partial charge in [-0.3, -0.25) is 4.90 Å². The Morgan fingerprint density at radius 1 is 1.61 bits per heavy atom. The number of ether oxygens (including phenoxy) is 1. The Hall–Kier alpha value is -1.80. The van der Waals surface area contributed by atoms with E-state index in [-0.39, 0.29) is 5.97 Å². The Balaban J connectivity index is 2.58. The Morgan fingerprint density at radius 2 is 2.33 bits per heavy atom. The third kappa shape index (κ3) is 3.90. The molecule has 5 heteroatoms. The molecule has 0 aliphatic rings. The molecule has 18 heavy (non-hydrogen) atoms. The van der Waals surface area contributed by atoms with E-state index in [1.54, 1.807) is 13.0 Å². The molecule has 1 aromatic heterocycles. The SMILES string of the molecule is COC(=O)c1cc(CN(C)CCCC#N)oc1C. The zero-order valence-corrected chi connectivity index (χ0v) is 11.0. The number of nitriles is 1. The molecule has 1 rings (SSSR count). The van der Waals surface area contributed by atoms with Crippen molar-refractivity contribution in [2.75, 3.05) is 20.7 Å². The van der Waals surface area contributed by atoms with E-state index < -0.39 is 0 Å². The molecule has 0 radical (unpaired) electrons. The van der Waals surface area contributed by atoms with E-state index in [9.17, 15) is 4.79 Å². The third-order valence-electron chi connectivity index (χ3n) is 2.63. The summed E-state index contributed by atoms with van der Waals surface area (Å²) >= 11 is 0. The van der Waals surface area contributed by atoms with Gasteiger partial charge in [0.25, 0.3) is 0 Å². The monoisotopic (exact) mass is 250 g/mol. The number of carbonyl (C=O) groups is 1. The minimum atomic E-state index is -0.380. The van der Waals surface area contributed by atoms with Crippen LogP contribution in [0.4, 0.5) is 0 Å². The van der Waals surface area contributed by atoms with E-state index in [4.69, 9.17) is 9.68 Å². The van der Waals surface area contributed by atoms with Crippen molar-refractivity contribution in [3.05, 3.63) is 23.2 Å². The minimum Gasteiger partial charge on any atom is -0.465 e. The maximum atomic E-state index is 11.4. The van der Waals surface area contributed by atoms with Crippen LogP contribution in [0.5, 0.6) is 0 Å². The van der Waals surface area contributed by atoms with Gasteiger partial charge in [0, 0.05) is 6.42 Å². The average Bonchev–Trinajstić information content (AvgIpc) is 2.69. The number of rotatable bonds is 6. The van der Waals surface area contributed by atoms with Crippen LogP contribution in [0, 0.1) is 18.3 Å². The molecule has 1 aromatic rings. The van der Waals surface area contributed by atoms with Crippen LogP contribution in [-0.4, -0.2) is 31.6 Å². The smallest absolute Gasteiger partial charge is 0.341 e. The minimum absolute atomic E-state index is 0.380. The van der Waals surface area contributed by atoms with Crippen molar-refractivity contribution >= 4 is 5.97 Å².